The number of ketones is 1. The Balaban J connectivity index is 0.00000132. The van der Waals surface area contributed by atoms with Gasteiger partial charge < -0.3 is 23.8 Å². The maximum atomic E-state index is 13.1. The largest absolute Gasteiger partial charge is 0.493 e. The number of imidazole rings is 1. The van der Waals surface area contributed by atoms with E-state index in [0.717, 1.165) is 16.5 Å². The van der Waals surface area contributed by atoms with Gasteiger partial charge in [-0.15, -0.1) is 0 Å². The molecule has 4 aromatic rings. The van der Waals surface area contributed by atoms with E-state index in [1.165, 1.54) is 21.3 Å². The molecule has 7 nitrogen and oxygen atoms in total. The summed E-state index contributed by atoms with van der Waals surface area (Å²) >= 11 is 0. The van der Waals surface area contributed by atoms with Crippen molar-refractivity contribution in [3.8, 4) is 28.6 Å². The highest BCUT2D eigenvalue weighted by Crippen LogP contribution is 2.38. The number of aromatic amines is 1. The number of rotatable bonds is 6. The van der Waals surface area contributed by atoms with Crippen molar-refractivity contribution in [1.29, 1.82) is 0 Å². The van der Waals surface area contributed by atoms with Crippen LogP contribution in [-0.4, -0.2) is 41.6 Å². The molecule has 31 heavy (non-hydrogen) atoms. The maximum absolute atomic E-state index is 13.1. The van der Waals surface area contributed by atoms with Gasteiger partial charge in [-0.05, 0) is 18.2 Å². The van der Waals surface area contributed by atoms with Crippen LogP contribution in [-0.2, 0) is 7.05 Å². The number of aromatic nitrogens is 3. The molecular formula is C24H27N3O4. The molecule has 0 aliphatic rings. The summed E-state index contributed by atoms with van der Waals surface area (Å²) in [6.45, 7) is 4.00. The van der Waals surface area contributed by atoms with E-state index < -0.39 is 0 Å². The first kappa shape index (κ1) is 22.0. The lowest BCUT2D eigenvalue weighted by atomic mass is 10.1. The normalized spacial score (nSPS) is 10.4. The zero-order valence-electron chi connectivity index (χ0n) is 18.6. The summed E-state index contributed by atoms with van der Waals surface area (Å²) in [7, 11) is 6.42. The number of aryl methyl sites for hydroxylation is 1. The minimum atomic E-state index is -0.231. The molecule has 0 saturated carbocycles. The number of benzene rings is 2. The van der Waals surface area contributed by atoms with Gasteiger partial charge in [0.25, 0.3) is 0 Å². The van der Waals surface area contributed by atoms with Crippen molar-refractivity contribution in [2.45, 2.75) is 13.8 Å². The average Bonchev–Trinajstić information content (AvgIpc) is 3.41. The first-order valence-corrected chi connectivity index (χ1v) is 10.0. The molecule has 0 spiro atoms. The van der Waals surface area contributed by atoms with E-state index in [9.17, 15) is 4.79 Å². The first-order chi connectivity index (χ1) is 15.1. The molecule has 0 unspecified atom stereocenters. The third-order valence-corrected chi connectivity index (χ3v) is 4.87. The van der Waals surface area contributed by atoms with Crippen molar-refractivity contribution in [1.82, 2.24) is 14.5 Å². The fourth-order valence-electron chi connectivity index (χ4n) is 3.44. The predicted octanol–water partition coefficient (Wildman–Crippen LogP) is 4.85. The van der Waals surface area contributed by atoms with Gasteiger partial charge in [0.15, 0.2) is 11.5 Å². The molecule has 2 heterocycles. The molecule has 2 aromatic carbocycles. The number of hydrogen-bond acceptors (Lipinski definition) is 5. The Kier molecular flexibility index (Phi) is 6.65. The highest BCUT2D eigenvalue weighted by atomic mass is 16.5. The summed E-state index contributed by atoms with van der Waals surface area (Å²) < 4.78 is 17.9. The van der Waals surface area contributed by atoms with E-state index in [-0.39, 0.29) is 5.78 Å². The predicted molar refractivity (Wildman–Crippen MR) is 121 cm³/mol. The molecule has 1 N–H and O–H groups in total. The molecule has 162 valence electrons. The average molecular weight is 421 g/mol. The van der Waals surface area contributed by atoms with Crippen LogP contribution in [0.2, 0.25) is 0 Å². The Morgan fingerprint density at radius 2 is 1.65 bits per heavy atom. The van der Waals surface area contributed by atoms with Crippen molar-refractivity contribution in [3.63, 3.8) is 0 Å². The van der Waals surface area contributed by atoms with Crippen LogP contribution in [0.5, 0.6) is 17.2 Å². The van der Waals surface area contributed by atoms with Gasteiger partial charge in [-0.2, -0.15) is 0 Å². The Bertz CT molecular complexity index is 1180. The van der Waals surface area contributed by atoms with E-state index >= 15 is 0 Å². The van der Waals surface area contributed by atoms with Crippen LogP contribution in [0, 0.1) is 0 Å². The highest BCUT2D eigenvalue weighted by molar-refractivity contribution is 6.09. The number of methoxy groups -OCH3 is 3. The molecule has 0 amide bonds. The molecule has 4 rings (SSSR count). The third-order valence-electron chi connectivity index (χ3n) is 4.87. The van der Waals surface area contributed by atoms with Crippen molar-refractivity contribution in [3.05, 3.63) is 60.0 Å². The number of fused-ring (bicyclic) bond motifs is 1. The van der Waals surface area contributed by atoms with Crippen LogP contribution < -0.4 is 14.2 Å². The molecule has 0 bridgehead atoms. The lowest BCUT2D eigenvalue weighted by molar-refractivity contribution is 0.103. The van der Waals surface area contributed by atoms with Crippen LogP contribution in [0.15, 0.2) is 48.8 Å². The van der Waals surface area contributed by atoms with Gasteiger partial charge >= 0.3 is 0 Å². The summed E-state index contributed by atoms with van der Waals surface area (Å²) in [6.07, 6.45) is 3.63. The minimum Gasteiger partial charge on any atom is -0.493 e. The zero-order valence-corrected chi connectivity index (χ0v) is 18.6. The number of nitrogens with zero attached hydrogens (tertiary/aromatic N) is 2. The number of hydrogen-bond donors (Lipinski definition) is 1. The van der Waals surface area contributed by atoms with Crippen molar-refractivity contribution < 1.29 is 19.0 Å². The lowest BCUT2D eigenvalue weighted by Crippen LogP contribution is -2.04. The number of carbonyl (C=O) groups is 1. The minimum absolute atomic E-state index is 0.231. The molecule has 7 heteroatoms. The summed E-state index contributed by atoms with van der Waals surface area (Å²) in [5.41, 5.74) is 2.69. The topological polar surface area (TPSA) is 78.4 Å². The fraction of sp³-hybridized carbons (Fsp3) is 0.250. The van der Waals surface area contributed by atoms with Gasteiger partial charge in [-0.3, -0.25) is 4.79 Å². The van der Waals surface area contributed by atoms with Crippen molar-refractivity contribution in [2.24, 2.45) is 7.05 Å². The van der Waals surface area contributed by atoms with E-state index in [1.807, 2.05) is 55.9 Å². The highest BCUT2D eigenvalue weighted by Gasteiger charge is 2.21. The molecule has 0 saturated heterocycles. The Labute approximate surface area is 181 Å². The summed E-state index contributed by atoms with van der Waals surface area (Å²) in [4.78, 5) is 21.0. The lowest BCUT2D eigenvalue weighted by Gasteiger charge is -2.13. The van der Waals surface area contributed by atoms with Crippen LogP contribution in [0.3, 0.4) is 0 Å². The quantitative estimate of drug-likeness (QED) is 0.450. The number of ether oxygens (including phenoxy) is 3. The zero-order chi connectivity index (χ0) is 22.5. The van der Waals surface area contributed by atoms with E-state index in [1.54, 1.807) is 18.3 Å². The molecule has 0 aliphatic heterocycles. The van der Waals surface area contributed by atoms with Gasteiger partial charge in [0.2, 0.25) is 11.5 Å². The fourth-order valence-corrected chi connectivity index (χ4v) is 3.44. The van der Waals surface area contributed by atoms with Gasteiger partial charge in [0.1, 0.15) is 11.5 Å². The summed E-state index contributed by atoms with van der Waals surface area (Å²) in [5, 5.41) is 1.05. The van der Waals surface area contributed by atoms with E-state index in [4.69, 9.17) is 14.2 Å². The molecule has 0 fully saturated rings. The second-order valence-corrected chi connectivity index (χ2v) is 6.55. The van der Waals surface area contributed by atoms with Gasteiger partial charge in [0.05, 0.1) is 21.3 Å². The smallest absolute Gasteiger partial charge is 0.213 e. The third kappa shape index (κ3) is 3.99. The SMILES string of the molecule is CC.COc1cc(C(=O)c2cn(C)c(-c3c[nH]c4ccccc34)n2)cc(OC)c1OC. The standard InChI is InChI=1S/C22H21N3O4.C2H6/c1-25-12-17(24-22(25)15-11-23-16-8-6-5-7-14(15)16)20(26)13-9-18(27-2)21(29-4)19(10-13)28-3;1-2/h5-12,23H,1-4H3;1-2H3. The first-order valence-electron chi connectivity index (χ1n) is 10.0. The Morgan fingerprint density at radius 3 is 2.26 bits per heavy atom. The van der Waals surface area contributed by atoms with Gasteiger partial charge in [0, 0.05) is 41.5 Å². The molecule has 2 aromatic heterocycles. The molecular weight excluding hydrogens is 394 g/mol. The van der Waals surface area contributed by atoms with Crippen LogP contribution >= 0.6 is 0 Å². The summed E-state index contributed by atoms with van der Waals surface area (Å²) in [6, 6.07) is 11.2. The number of nitrogens with one attached hydrogen (secondary N) is 1. The maximum Gasteiger partial charge on any atom is 0.213 e. The number of para-hydroxylation sites is 1. The Hall–Kier alpha value is -3.74. The van der Waals surface area contributed by atoms with Crippen molar-refractivity contribution >= 4 is 16.7 Å². The summed E-state index contributed by atoms with van der Waals surface area (Å²) in [5.74, 6) is 1.75. The molecule has 0 radical (unpaired) electrons. The second kappa shape index (κ2) is 9.38. The van der Waals surface area contributed by atoms with Crippen LogP contribution in [0.4, 0.5) is 0 Å². The van der Waals surface area contributed by atoms with Crippen molar-refractivity contribution in [2.75, 3.05) is 21.3 Å². The monoisotopic (exact) mass is 421 g/mol. The van der Waals surface area contributed by atoms with E-state index in [2.05, 4.69) is 9.97 Å². The van der Waals surface area contributed by atoms with Gasteiger partial charge in [-0.25, -0.2) is 4.98 Å². The molecule has 0 aliphatic carbocycles. The van der Waals surface area contributed by atoms with Gasteiger partial charge in [-0.1, -0.05) is 32.0 Å². The number of carbonyl (C=O) groups excluding carboxylic acids is 1. The number of H-pyrrole nitrogens is 1. The van der Waals surface area contributed by atoms with Crippen LogP contribution in [0.25, 0.3) is 22.3 Å². The van der Waals surface area contributed by atoms with E-state index in [0.29, 0.717) is 34.3 Å². The molecule has 0 atom stereocenters. The Morgan fingerprint density at radius 1 is 1.00 bits per heavy atom. The second-order valence-electron chi connectivity index (χ2n) is 6.55. The van der Waals surface area contributed by atoms with Crippen LogP contribution in [0.1, 0.15) is 29.9 Å².